The first-order valence-corrected chi connectivity index (χ1v) is 13.3. The maximum atomic E-state index is 15.1. The molecule has 1 saturated heterocycles. The molecule has 0 unspecified atom stereocenters. The van der Waals surface area contributed by atoms with Crippen LogP contribution >= 0.6 is 0 Å². The molecule has 2 aliphatic rings. The number of aliphatic imine (C=N–C) groups is 2. The number of nitrogens with zero attached hydrogens (tertiary/aromatic N) is 4. The predicted molar refractivity (Wildman–Crippen MR) is 153 cm³/mol. The van der Waals surface area contributed by atoms with E-state index in [1.165, 1.54) is 24.1 Å². The number of rotatable bonds is 7. The molecule has 0 atom stereocenters. The maximum Gasteiger partial charge on any atom is 0.417 e. The van der Waals surface area contributed by atoms with E-state index in [2.05, 4.69) is 32.2 Å². The van der Waals surface area contributed by atoms with Crippen LogP contribution in [-0.2, 0) is 6.54 Å². The lowest BCUT2D eigenvalue weighted by atomic mass is 10.0. The monoisotopic (exact) mass is 604 g/mol. The van der Waals surface area contributed by atoms with Crippen LogP contribution < -0.4 is 20.1 Å². The Morgan fingerprint density at radius 3 is 2.47 bits per heavy atom. The van der Waals surface area contributed by atoms with Crippen molar-refractivity contribution in [2.45, 2.75) is 38.5 Å². The molecule has 0 aromatic heterocycles. The predicted octanol–water partition coefficient (Wildman–Crippen LogP) is 4.59. The zero-order valence-corrected chi connectivity index (χ0v) is 24.1. The first-order valence-electron chi connectivity index (χ1n) is 13.3. The summed E-state index contributed by atoms with van der Waals surface area (Å²) in [7, 11) is 4.82. The second-order valence-electron chi connectivity index (χ2n) is 10.3. The summed E-state index contributed by atoms with van der Waals surface area (Å²) in [5, 5.41) is 5.42. The molecule has 2 heterocycles. The van der Waals surface area contributed by atoms with Crippen molar-refractivity contribution in [2.75, 3.05) is 39.6 Å². The van der Waals surface area contributed by atoms with Crippen LogP contribution in [0.4, 0.5) is 23.2 Å². The van der Waals surface area contributed by atoms with Crippen LogP contribution in [0.1, 0.15) is 46.0 Å². The Kier molecular flexibility index (Phi) is 9.38. The van der Waals surface area contributed by atoms with E-state index in [1.54, 1.807) is 19.2 Å². The summed E-state index contributed by atoms with van der Waals surface area (Å²) in [5.74, 6) is -3.47. The van der Waals surface area contributed by atoms with Gasteiger partial charge in [0.05, 0.1) is 29.5 Å². The second kappa shape index (κ2) is 12.8. The minimum Gasteiger partial charge on any atom is -0.495 e. The van der Waals surface area contributed by atoms with Gasteiger partial charge in [0.1, 0.15) is 17.3 Å². The minimum absolute atomic E-state index is 0.000202. The Morgan fingerprint density at radius 2 is 1.84 bits per heavy atom. The van der Waals surface area contributed by atoms with Crippen LogP contribution in [0.2, 0.25) is 0 Å². The van der Waals surface area contributed by atoms with E-state index >= 15 is 4.39 Å². The highest BCUT2D eigenvalue weighted by atomic mass is 19.4. The van der Waals surface area contributed by atoms with Gasteiger partial charge >= 0.3 is 6.18 Å². The number of guanidine groups is 1. The van der Waals surface area contributed by atoms with Crippen molar-refractivity contribution in [1.29, 1.82) is 0 Å². The maximum absolute atomic E-state index is 15.1. The molecule has 0 aliphatic carbocycles. The van der Waals surface area contributed by atoms with Crippen molar-refractivity contribution in [3.63, 3.8) is 0 Å². The quantitative estimate of drug-likeness (QED) is 0.207. The average molecular weight is 605 g/mol. The Morgan fingerprint density at radius 1 is 1.14 bits per heavy atom. The third-order valence-electron chi connectivity index (χ3n) is 7.22. The van der Waals surface area contributed by atoms with Gasteiger partial charge in [-0.2, -0.15) is 18.2 Å². The fraction of sp³-hybridized carbons (Fsp3) is 0.379. The number of fused-ring (bicyclic) bond motifs is 1. The molecule has 2 amide bonds. The van der Waals surface area contributed by atoms with Crippen molar-refractivity contribution >= 4 is 30.2 Å². The SMILES string of the molecule is C=NC(=N/C(Oc1cccc2c1C(=O)N(C)C2)=C(\C)C(F)(F)F)Nc1cc(F)c(C(=O)NC2CCN(C)CC2)cc1OC. The minimum atomic E-state index is -4.85. The van der Waals surface area contributed by atoms with Gasteiger partial charge in [-0.1, -0.05) is 12.1 Å². The van der Waals surface area contributed by atoms with E-state index in [9.17, 15) is 22.8 Å². The van der Waals surface area contributed by atoms with Crippen molar-refractivity contribution in [2.24, 2.45) is 9.98 Å². The molecule has 0 radical (unpaired) electrons. The normalized spacial score (nSPS) is 16.9. The number of benzene rings is 2. The van der Waals surface area contributed by atoms with Gasteiger partial charge in [-0.3, -0.25) is 9.59 Å². The molecule has 14 heteroatoms. The van der Waals surface area contributed by atoms with Gasteiger partial charge in [0.2, 0.25) is 11.8 Å². The van der Waals surface area contributed by atoms with Crippen LogP contribution in [0.3, 0.4) is 0 Å². The largest absolute Gasteiger partial charge is 0.495 e. The van der Waals surface area contributed by atoms with Crippen molar-refractivity contribution in [3.8, 4) is 11.5 Å². The Balaban J connectivity index is 1.64. The number of ether oxygens (including phenoxy) is 2. The number of halogens is 4. The van der Waals surface area contributed by atoms with Crippen LogP contribution in [-0.4, -0.2) is 80.8 Å². The highest BCUT2D eigenvalue weighted by Crippen LogP contribution is 2.35. The molecule has 10 nitrogen and oxygen atoms in total. The summed E-state index contributed by atoms with van der Waals surface area (Å²) >= 11 is 0. The zero-order valence-electron chi connectivity index (χ0n) is 24.1. The number of hydrogen-bond donors (Lipinski definition) is 2. The molecular weight excluding hydrogens is 572 g/mol. The van der Waals surface area contributed by atoms with E-state index in [0.29, 0.717) is 5.56 Å². The summed E-state index contributed by atoms with van der Waals surface area (Å²) in [6.07, 6.45) is -3.41. The number of methoxy groups -OCH3 is 1. The number of carbonyl (C=O) groups excluding carboxylic acids is 2. The second-order valence-corrected chi connectivity index (χ2v) is 10.3. The topological polar surface area (TPSA) is 108 Å². The van der Waals surface area contributed by atoms with Gasteiger partial charge in [-0.15, -0.1) is 0 Å². The van der Waals surface area contributed by atoms with Crippen LogP contribution in [0, 0.1) is 5.82 Å². The lowest BCUT2D eigenvalue weighted by Crippen LogP contribution is -2.43. The van der Waals surface area contributed by atoms with Gasteiger partial charge in [0, 0.05) is 25.7 Å². The summed E-state index contributed by atoms with van der Waals surface area (Å²) < 4.78 is 67.5. The van der Waals surface area contributed by atoms with Crippen LogP contribution in [0.25, 0.3) is 0 Å². The fourth-order valence-corrected chi connectivity index (χ4v) is 4.69. The molecule has 1 fully saturated rings. The fourth-order valence-electron chi connectivity index (χ4n) is 4.69. The van der Waals surface area contributed by atoms with Gasteiger partial charge in [-0.25, -0.2) is 9.38 Å². The first-order chi connectivity index (χ1) is 20.3. The Hall–Kier alpha value is -4.46. The number of piperidine rings is 1. The van der Waals surface area contributed by atoms with Crippen molar-refractivity contribution in [1.82, 2.24) is 15.1 Å². The lowest BCUT2D eigenvalue weighted by Gasteiger charge is -2.29. The smallest absolute Gasteiger partial charge is 0.417 e. The van der Waals surface area contributed by atoms with Gasteiger partial charge in [-0.05, 0) is 64.3 Å². The number of hydrogen-bond acceptors (Lipinski definition) is 6. The molecule has 0 saturated carbocycles. The van der Waals surface area contributed by atoms with Gasteiger partial charge in [0.15, 0.2) is 0 Å². The third-order valence-corrected chi connectivity index (χ3v) is 7.22. The van der Waals surface area contributed by atoms with Crippen LogP contribution in [0.5, 0.6) is 11.5 Å². The van der Waals surface area contributed by atoms with E-state index in [1.807, 2.05) is 7.05 Å². The molecule has 2 aromatic carbocycles. The Labute approximate surface area is 246 Å². The summed E-state index contributed by atoms with van der Waals surface area (Å²) in [5.41, 5.74) is -0.866. The number of likely N-dealkylation sites (tertiary alicyclic amines) is 1. The molecular formula is C29H32F4N6O4. The van der Waals surface area contributed by atoms with Crippen molar-refractivity contribution < 1.29 is 36.6 Å². The molecule has 2 aromatic rings. The molecule has 230 valence electrons. The van der Waals surface area contributed by atoms with Crippen molar-refractivity contribution in [3.05, 3.63) is 64.3 Å². The zero-order chi connectivity index (χ0) is 31.5. The highest BCUT2D eigenvalue weighted by Gasteiger charge is 2.36. The summed E-state index contributed by atoms with van der Waals surface area (Å²) in [4.78, 5) is 36.5. The Bertz CT molecular complexity index is 1480. The molecule has 2 N–H and O–H groups in total. The molecule has 0 bridgehead atoms. The number of alkyl halides is 3. The molecule has 2 aliphatic heterocycles. The molecule has 0 spiro atoms. The number of anilines is 1. The van der Waals surface area contributed by atoms with E-state index in [-0.39, 0.29) is 40.9 Å². The van der Waals surface area contributed by atoms with E-state index in [4.69, 9.17) is 9.47 Å². The highest BCUT2D eigenvalue weighted by molar-refractivity contribution is 6.01. The molecule has 43 heavy (non-hydrogen) atoms. The number of allylic oxidation sites excluding steroid dienone is 1. The first kappa shape index (κ1) is 31.5. The lowest BCUT2D eigenvalue weighted by molar-refractivity contribution is -0.0938. The third kappa shape index (κ3) is 7.13. The van der Waals surface area contributed by atoms with E-state index in [0.717, 1.165) is 38.9 Å². The number of nitrogens with one attached hydrogen (secondary N) is 2. The van der Waals surface area contributed by atoms with Gasteiger partial charge in [0.25, 0.3) is 11.8 Å². The summed E-state index contributed by atoms with van der Waals surface area (Å²) in [6, 6.07) is 6.59. The van der Waals surface area contributed by atoms with Gasteiger partial charge < -0.3 is 29.9 Å². The van der Waals surface area contributed by atoms with E-state index < -0.39 is 41.2 Å². The standard InChI is InChI=1S/C29H32F4N6O4/c1-16(29(31,32)33)26(43-22-8-6-7-17-15-39(4)27(41)24(17)22)37-28(34-2)36-21-14-20(30)19(13-23(21)42-5)25(40)35-18-9-11-38(3)12-10-18/h6-8,13-14,18H,2,9-12,15H2,1,3-5H3,(H,35,40)(H,36,37)/b26-16-. The molecule has 4 rings (SSSR count). The van der Waals surface area contributed by atoms with Crippen LogP contribution in [0.15, 0.2) is 51.8 Å². The number of carbonyl (C=O) groups is 2. The number of amides is 2. The average Bonchev–Trinajstić information content (AvgIpc) is 3.26. The summed E-state index contributed by atoms with van der Waals surface area (Å²) in [6.45, 7) is 5.97.